The monoisotopic (exact) mass is 377 g/mol. The van der Waals surface area contributed by atoms with Gasteiger partial charge in [0.05, 0.1) is 12.1 Å². The van der Waals surface area contributed by atoms with Crippen LogP contribution in [0.5, 0.6) is 11.5 Å². The van der Waals surface area contributed by atoms with Gasteiger partial charge >= 0.3 is 6.18 Å². The Balaban J connectivity index is 1.34. The Bertz CT molecular complexity index is 852. The van der Waals surface area contributed by atoms with E-state index < -0.39 is 23.6 Å². The van der Waals surface area contributed by atoms with Gasteiger partial charge in [-0.15, -0.1) is 0 Å². The fourth-order valence-electron chi connectivity index (χ4n) is 3.42. The molecule has 4 rings (SSSR count). The lowest BCUT2D eigenvalue weighted by molar-refractivity contribution is -0.138. The Morgan fingerprint density at radius 3 is 2.56 bits per heavy atom. The van der Waals surface area contributed by atoms with E-state index in [-0.39, 0.29) is 24.1 Å². The minimum Gasteiger partial charge on any atom is -0.486 e. The van der Waals surface area contributed by atoms with Gasteiger partial charge in [-0.2, -0.15) is 13.2 Å². The largest absolute Gasteiger partial charge is 0.486 e. The van der Waals surface area contributed by atoms with Gasteiger partial charge in [-0.3, -0.25) is 4.79 Å². The van der Waals surface area contributed by atoms with Gasteiger partial charge in [0.15, 0.2) is 11.5 Å². The van der Waals surface area contributed by atoms with Gasteiger partial charge in [0, 0.05) is 5.92 Å². The molecule has 142 valence electrons. The highest BCUT2D eigenvalue weighted by molar-refractivity contribution is 5.83. The average Bonchev–Trinajstić information content (AvgIpc) is 3.46. The molecule has 2 aliphatic rings. The number of ether oxygens (including phenoxy) is 2. The van der Waals surface area contributed by atoms with Gasteiger partial charge < -0.3 is 14.8 Å². The molecule has 0 bridgehead atoms. The van der Waals surface area contributed by atoms with Gasteiger partial charge in [0.2, 0.25) is 5.91 Å². The Hall–Kier alpha value is -2.70. The van der Waals surface area contributed by atoms with Crippen molar-refractivity contribution >= 4 is 5.91 Å². The molecule has 1 fully saturated rings. The molecule has 2 aromatic rings. The zero-order chi connectivity index (χ0) is 19.0. The molecule has 1 saturated carbocycles. The number of nitrogens with one attached hydrogen (secondary N) is 1. The number of fused-ring (bicyclic) bond motifs is 1. The van der Waals surface area contributed by atoms with E-state index in [4.69, 9.17) is 9.47 Å². The third kappa shape index (κ3) is 3.72. The fraction of sp³-hybridized carbons (Fsp3) is 0.350. The SMILES string of the molecule is O=C(NC[C@@H]1COc2ccccc2O1)[C@H]1C[C@@H]1c1ccccc1C(F)(F)F. The van der Waals surface area contributed by atoms with Crippen LogP contribution in [-0.2, 0) is 11.0 Å². The van der Waals surface area contributed by atoms with Crippen LogP contribution in [0.1, 0.15) is 23.5 Å². The molecular weight excluding hydrogens is 359 g/mol. The third-order valence-electron chi connectivity index (χ3n) is 4.86. The highest BCUT2D eigenvalue weighted by Crippen LogP contribution is 2.51. The van der Waals surface area contributed by atoms with Crippen LogP contribution >= 0.6 is 0 Å². The number of carbonyl (C=O) groups is 1. The Labute approximate surface area is 154 Å². The first-order valence-corrected chi connectivity index (χ1v) is 8.76. The predicted octanol–water partition coefficient (Wildman–Crippen LogP) is 3.77. The number of carbonyl (C=O) groups excluding carboxylic acids is 1. The average molecular weight is 377 g/mol. The van der Waals surface area contributed by atoms with Gasteiger partial charge in [0.1, 0.15) is 12.7 Å². The zero-order valence-corrected chi connectivity index (χ0v) is 14.3. The summed E-state index contributed by atoms with van der Waals surface area (Å²) in [6.07, 6.45) is -4.33. The molecule has 0 radical (unpaired) electrons. The van der Waals surface area contributed by atoms with E-state index in [1.165, 1.54) is 12.1 Å². The molecule has 1 heterocycles. The van der Waals surface area contributed by atoms with Crippen molar-refractivity contribution in [1.82, 2.24) is 5.32 Å². The van der Waals surface area contributed by atoms with Crippen LogP contribution in [-0.4, -0.2) is 25.2 Å². The summed E-state index contributed by atoms with van der Waals surface area (Å²) < 4.78 is 50.8. The Morgan fingerprint density at radius 2 is 1.78 bits per heavy atom. The van der Waals surface area contributed by atoms with Crippen molar-refractivity contribution < 1.29 is 27.4 Å². The summed E-state index contributed by atoms with van der Waals surface area (Å²) in [5.41, 5.74) is -0.470. The molecule has 0 spiro atoms. The van der Waals surface area contributed by atoms with Gasteiger partial charge in [0.25, 0.3) is 0 Å². The summed E-state index contributed by atoms with van der Waals surface area (Å²) in [5, 5.41) is 2.78. The first-order valence-electron chi connectivity index (χ1n) is 8.76. The summed E-state index contributed by atoms with van der Waals surface area (Å²) >= 11 is 0. The first-order chi connectivity index (χ1) is 12.9. The van der Waals surface area contributed by atoms with Crippen LogP contribution in [0.15, 0.2) is 48.5 Å². The summed E-state index contributed by atoms with van der Waals surface area (Å²) in [6.45, 7) is 0.555. The van der Waals surface area contributed by atoms with Crippen LogP contribution < -0.4 is 14.8 Å². The molecule has 27 heavy (non-hydrogen) atoms. The van der Waals surface area contributed by atoms with Crippen molar-refractivity contribution in [2.24, 2.45) is 5.92 Å². The lowest BCUT2D eigenvalue weighted by Gasteiger charge is -2.26. The first kappa shape index (κ1) is 17.7. The normalized spacial score (nSPS) is 23.6. The van der Waals surface area contributed by atoms with E-state index in [0.717, 1.165) is 6.07 Å². The highest BCUT2D eigenvalue weighted by Gasteiger charge is 2.47. The Kier molecular flexibility index (Phi) is 4.45. The number of para-hydroxylation sites is 2. The number of benzene rings is 2. The minimum atomic E-state index is -4.42. The maximum atomic E-state index is 13.1. The molecule has 1 aliphatic heterocycles. The van der Waals surface area contributed by atoms with E-state index in [1.807, 2.05) is 12.1 Å². The minimum absolute atomic E-state index is 0.191. The molecule has 2 aromatic carbocycles. The van der Waals surface area contributed by atoms with Crippen molar-refractivity contribution in [2.45, 2.75) is 24.6 Å². The second kappa shape index (κ2) is 6.79. The highest BCUT2D eigenvalue weighted by atomic mass is 19.4. The third-order valence-corrected chi connectivity index (χ3v) is 4.86. The number of halogens is 3. The van der Waals surface area contributed by atoms with Crippen LogP contribution in [0.25, 0.3) is 0 Å². The molecule has 0 aromatic heterocycles. The van der Waals surface area contributed by atoms with Crippen LogP contribution in [0.2, 0.25) is 0 Å². The fourth-order valence-corrected chi connectivity index (χ4v) is 3.42. The van der Waals surface area contributed by atoms with E-state index in [9.17, 15) is 18.0 Å². The molecule has 4 nitrogen and oxygen atoms in total. The van der Waals surface area contributed by atoms with E-state index in [2.05, 4.69) is 5.32 Å². The van der Waals surface area contributed by atoms with Crippen molar-refractivity contribution in [3.05, 3.63) is 59.7 Å². The number of rotatable bonds is 4. The topological polar surface area (TPSA) is 47.6 Å². The van der Waals surface area contributed by atoms with Crippen molar-refractivity contribution in [1.29, 1.82) is 0 Å². The number of hydrogen-bond donors (Lipinski definition) is 1. The molecule has 1 amide bonds. The molecule has 1 N–H and O–H groups in total. The van der Waals surface area contributed by atoms with E-state index in [0.29, 0.717) is 24.5 Å². The van der Waals surface area contributed by atoms with Gasteiger partial charge in [-0.05, 0) is 36.1 Å². The van der Waals surface area contributed by atoms with Crippen LogP contribution in [0, 0.1) is 5.92 Å². The van der Waals surface area contributed by atoms with Crippen LogP contribution in [0.4, 0.5) is 13.2 Å². The predicted molar refractivity (Wildman–Crippen MR) is 91.7 cm³/mol. The van der Waals surface area contributed by atoms with Crippen molar-refractivity contribution in [2.75, 3.05) is 13.2 Å². The number of amides is 1. The molecule has 1 aliphatic carbocycles. The second-order valence-corrected chi connectivity index (χ2v) is 6.78. The maximum Gasteiger partial charge on any atom is 0.416 e. The lowest BCUT2D eigenvalue weighted by Crippen LogP contribution is -2.41. The summed E-state index contributed by atoms with van der Waals surface area (Å²) in [5.74, 6) is 0.189. The van der Waals surface area contributed by atoms with Crippen molar-refractivity contribution in [3.63, 3.8) is 0 Å². The smallest absolute Gasteiger partial charge is 0.416 e. The lowest BCUT2D eigenvalue weighted by atomic mass is 10.0. The van der Waals surface area contributed by atoms with Gasteiger partial charge in [-0.1, -0.05) is 30.3 Å². The summed E-state index contributed by atoms with van der Waals surface area (Å²) in [6, 6.07) is 12.7. The summed E-state index contributed by atoms with van der Waals surface area (Å²) in [4.78, 5) is 12.3. The Morgan fingerprint density at radius 1 is 1.07 bits per heavy atom. The van der Waals surface area contributed by atoms with Crippen molar-refractivity contribution in [3.8, 4) is 11.5 Å². The standard InChI is InChI=1S/C20H18F3NO3/c21-20(22,23)16-6-2-1-5-13(16)14-9-15(14)19(25)24-10-12-11-26-17-7-3-4-8-18(17)27-12/h1-8,12,14-15H,9-11H2,(H,24,25)/t12-,14-,15+/m1/s1. The number of alkyl halides is 3. The van der Waals surface area contributed by atoms with E-state index in [1.54, 1.807) is 18.2 Å². The van der Waals surface area contributed by atoms with Gasteiger partial charge in [-0.25, -0.2) is 0 Å². The van der Waals surface area contributed by atoms with E-state index >= 15 is 0 Å². The molecule has 0 unspecified atom stereocenters. The quantitative estimate of drug-likeness (QED) is 0.883. The molecule has 7 heteroatoms. The molecule has 3 atom stereocenters. The zero-order valence-electron chi connectivity index (χ0n) is 14.3. The molecule has 0 saturated heterocycles. The van der Waals surface area contributed by atoms with Crippen LogP contribution in [0.3, 0.4) is 0 Å². The second-order valence-electron chi connectivity index (χ2n) is 6.78. The number of hydrogen-bond acceptors (Lipinski definition) is 3. The molecular formula is C20H18F3NO3. The maximum absolute atomic E-state index is 13.1. The summed E-state index contributed by atoms with van der Waals surface area (Å²) in [7, 11) is 0.